The predicted molar refractivity (Wildman–Crippen MR) is 79.9 cm³/mol. The second kappa shape index (κ2) is 5.95. The Hall–Kier alpha value is -1.36. The highest BCUT2D eigenvalue weighted by atomic mass is 16.5. The van der Waals surface area contributed by atoms with Crippen LogP contribution >= 0.6 is 0 Å². The summed E-state index contributed by atoms with van der Waals surface area (Å²) in [5, 5.41) is 4.59. The van der Waals surface area contributed by atoms with E-state index in [1.807, 2.05) is 19.1 Å². The van der Waals surface area contributed by atoms with Crippen LogP contribution in [-0.2, 0) is 11.3 Å². The fourth-order valence-electron chi connectivity index (χ4n) is 2.84. The lowest BCUT2D eigenvalue weighted by Gasteiger charge is -2.28. The van der Waals surface area contributed by atoms with Crippen molar-refractivity contribution in [1.29, 1.82) is 0 Å². The van der Waals surface area contributed by atoms with E-state index in [2.05, 4.69) is 29.4 Å². The Morgan fingerprint density at radius 2 is 2.20 bits per heavy atom. The molecule has 1 aliphatic heterocycles. The molecule has 0 amide bonds. The number of likely N-dealkylation sites (N-methyl/N-ethyl adjacent to an activating group) is 1. The van der Waals surface area contributed by atoms with Gasteiger partial charge in [-0.25, -0.2) is 0 Å². The van der Waals surface area contributed by atoms with Crippen LogP contribution < -0.4 is 5.32 Å². The SMILES string of the molecule is Cc1oc2ccccc2c1CN(C)CC1CNCCO1. The molecule has 1 aromatic carbocycles. The summed E-state index contributed by atoms with van der Waals surface area (Å²) in [5.74, 6) is 1.01. The van der Waals surface area contributed by atoms with Crippen LogP contribution in [0.4, 0.5) is 0 Å². The van der Waals surface area contributed by atoms with E-state index in [1.54, 1.807) is 0 Å². The number of hydrogen-bond acceptors (Lipinski definition) is 4. The van der Waals surface area contributed by atoms with Crippen LogP contribution in [0.1, 0.15) is 11.3 Å². The molecule has 1 aromatic heterocycles. The Kier molecular flexibility index (Phi) is 4.05. The van der Waals surface area contributed by atoms with Gasteiger partial charge in [-0.2, -0.15) is 0 Å². The van der Waals surface area contributed by atoms with Crippen LogP contribution in [-0.4, -0.2) is 44.3 Å². The number of nitrogens with zero attached hydrogens (tertiary/aromatic N) is 1. The number of ether oxygens (including phenoxy) is 1. The smallest absolute Gasteiger partial charge is 0.134 e. The highest BCUT2D eigenvalue weighted by molar-refractivity contribution is 5.82. The zero-order valence-corrected chi connectivity index (χ0v) is 12.2. The quantitative estimate of drug-likeness (QED) is 0.927. The standard InChI is InChI=1S/C16H22N2O2/c1-12-15(14-5-3-4-6-16(14)20-12)11-18(2)10-13-9-17-7-8-19-13/h3-6,13,17H,7-11H2,1-2H3. The van der Waals surface area contributed by atoms with Crippen molar-refractivity contribution in [2.24, 2.45) is 0 Å². The van der Waals surface area contributed by atoms with Crippen molar-refractivity contribution in [2.45, 2.75) is 19.6 Å². The van der Waals surface area contributed by atoms with Crippen molar-refractivity contribution in [3.05, 3.63) is 35.6 Å². The first-order chi connectivity index (χ1) is 9.74. The molecule has 4 heteroatoms. The van der Waals surface area contributed by atoms with E-state index in [4.69, 9.17) is 9.15 Å². The summed E-state index contributed by atoms with van der Waals surface area (Å²) < 4.78 is 11.6. The Morgan fingerprint density at radius 1 is 1.35 bits per heavy atom. The molecule has 108 valence electrons. The third-order valence-corrected chi connectivity index (χ3v) is 3.85. The molecule has 4 nitrogen and oxygen atoms in total. The molecule has 0 aliphatic carbocycles. The van der Waals surface area contributed by atoms with Gasteiger partial charge in [-0.05, 0) is 20.0 Å². The zero-order valence-electron chi connectivity index (χ0n) is 12.2. The lowest BCUT2D eigenvalue weighted by molar-refractivity contribution is 0.00883. The molecule has 0 radical (unpaired) electrons. The zero-order chi connectivity index (χ0) is 13.9. The molecule has 20 heavy (non-hydrogen) atoms. The minimum atomic E-state index is 0.284. The third kappa shape index (κ3) is 2.87. The number of morpholine rings is 1. The van der Waals surface area contributed by atoms with E-state index in [9.17, 15) is 0 Å². The first kappa shape index (κ1) is 13.6. The number of aryl methyl sites for hydroxylation is 1. The summed E-state index contributed by atoms with van der Waals surface area (Å²) >= 11 is 0. The molecule has 2 aromatic rings. The summed E-state index contributed by atoms with van der Waals surface area (Å²) in [6, 6.07) is 8.24. The minimum absolute atomic E-state index is 0.284. The van der Waals surface area contributed by atoms with Gasteiger partial charge in [0.25, 0.3) is 0 Å². The van der Waals surface area contributed by atoms with Gasteiger partial charge >= 0.3 is 0 Å². The highest BCUT2D eigenvalue weighted by Gasteiger charge is 2.18. The van der Waals surface area contributed by atoms with E-state index in [1.165, 1.54) is 10.9 Å². The van der Waals surface area contributed by atoms with Gasteiger partial charge in [-0.3, -0.25) is 4.90 Å². The first-order valence-corrected chi connectivity index (χ1v) is 7.22. The van der Waals surface area contributed by atoms with Crippen LogP contribution in [0.3, 0.4) is 0 Å². The van der Waals surface area contributed by atoms with Gasteiger partial charge in [0.05, 0.1) is 12.7 Å². The van der Waals surface area contributed by atoms with E-state index in [0.29, 0.717) is 0 Å². The van der Waals surface area contributed by atoms with Gasteiger partial charge in [0.15, 0.2) is 0 Å². The normalized spacial score (nSPS) is 19.9. The van der Waals surface area contributed by atoms with E-state index in [0.717, 1.165) is 44.1 Å². The van der Waals surface area contributed by atoms with Crippen LogP contribution in [0.25, 0.3) is 11.0 Å². The Labute approximate surface area is 119 Å². The molecule has 1 unspecified atom stereocenters. The van der Waals surface area contributed by atoms with E-state index < -0.39 is 0 Å². The van der Waals surface area contributed by atoms with Crippen molar-refractivity contribution in [3.8, 4) is 0 Å². The number of rotatable bonds is 4. The topological polar surface area (TPSA) is 37.6 Å². The molecule has 3 rings (SSSR count). The Bertz CT molecular complexity index is 573. The number of para-hydroxylation sites is 1. The van der Waals surface area contributed by atoms with Gasteiger partial charge in [-0.1, -0.05) is 18.2 Å². The van der Waals surface area contributed by atoms with Crippen LogP contribution in [0.15, 0.2) is 28.7 Å². The predicted octanol–water partition coefficient (Wildman–Crippen LogP) is 2.16. The third-order valence-electron chi connectivity index (χ3n) is 3.85. The molecule has 1 atom stereocenters. The average molecular weight is 274 g/mol. The minimum Gasteiger partial charge on any atom is -0.461 e. The fourth-order valence-corrected chi connectivity index (χ4v) is 2.84. The molecule has 1 saturated heterocycles. The second-order valence-corrected chi connectivity index (χ2v) is 5.53. The summed E-state index contributed by atoms with van der Waals surface area (Å²) in [7, 11) is 2.14. The lowest BCUT2D eigenvalue weighted by atomic mass is 10.1. The summed E-state index contributed by atoms with van der Waals surface area (Å²) in [4.78, 5) is 2.31. The lowest BCUT2D eigenvalue weighted by Crippen LogP contribution is -2.44. The summed E-state index contributed by atoms with van der Waals surface area (Å²) in [6.45, 7) is 6.59. The van der Waals surface area contributed by atoms with E-state index in [-0.39, 0.29) is 6.10 Å². The maximum atomic E-state index is 5.82. The number of furan rings is 1. The molecular formula is C16H22N2O2. The molecule has 0 saturated carbocycles. The molecule has 2 heterocycles. The van der Waals surface area contributed by atoms with Crippen LogP contribution in [0.5, 0.6) is 0 Å². The van der Waals surface area contributed by atoms with Gasteiger partial charge in [0.1, 0.15) is 11.3 Å². The average Bonchev–Trinajstić information content (AvgIpc) is 2.76. The monoisotopic (exact) mass is 274 g/mol. The second-order valence-electron chi connectivity index (χ2n) is 5.53. The summed E-state index contributed by atoms with van der Waals surface area (Å²) in [5.41, 5.74) is 2.26. The summed E-state index contributed by atoms with van der Waals surface area (Å²) in [6.07, 6.45) is 0.284. The van der Waals surface area contributed by atoms with Crippen molar-refractivity contribution in [2.75, 3.05) is 33.3 Å². The molecule has 1 aliphatic rings. The van der Waals surface area contributed by atoms with Crippen molar-refractivity contribution in [3.63, 3.8) is 0 Å². The Morgan fingerprint density at radius 3 is 3.00 bits per heavy atom. The molecule has 1 N–H and O–H groups in total. The van der Waals surface area contributed by atoms with Gasteiger partial charge in [-0.15, -0.1) is 0 Å². The van der Waals surface area contributed by atoms with E-state index >= 15 is 0 Å². The number of nitrogens with one attached hydrogen (secondary N) is 1. The molecule has 0 bridgehead atoms. The van der Waals surface area contributed by atoms with Gasteiger partial charge in [0, 0.05) is 37.1 Å². The highest BCUT2D eigenvalue weighted by Crippen LogP contribution is 2.26. The molecular weight excluding hydrogens is 252 g/mol. The van der Waals surface area contributed by atoms with Gasteiger partial charge in [0.2, 0.25) is 0 Å². The number of fused-ring (bicyclic) bond motifs is 1. The molecule has 0 spiro atoms. The van der Waals surface area contributed by atoms with Crippen LogP contribution in [0, 0.1) is 6.92 Å². The number of hydrogen-bond donors (Lipinski definition) is 1. The first-order valence-electron chi connectivity index (χ1n) is 7.22. The maximum absolute atomic E-state index is 5.82. The Balaban J connectivity index is 1.70. The maximum Gasteiger partial charge on any atom is 0.134 e. The number of benzene rings is 1. The fraction of sp³-hybridized carbons (Fsp3) is 0.500. The van der Waals surface area contributed by atoms with Crippen LogP contribution in [0.2, 0.25) is 0 Å². The largest absolute Gasteiger partial charge is 0.461 e. The van der Waals surface area contributed by atoms with Crippen molar-refractivity contribution < 1.29 is 9.15 Å². The van der Waals surface area contributed by atoms with Crippen molar-refractivity contribution in [1.82, 2.24) is 10.2 Å². The molecule has 1 fully saturated rings. The van der Waals surface area contributed by atoms with Crippen molar-refractivity contribution >= 4 is 11.0 Å². The van der Waals surface area contributed by atoms with Gasteiger partial charge < -0.3 is 14.5 Å².